The lowest BCUT2D eigenvalue weighted by atomic mass is 9.91. The molecule has 2 unspecified atom stereocenters. The second kappa shape index (κ2) is 5.15. The van der Waals surface area contributed by atoms with Crippen LogP contribution in [0, 0.1) is 5.92 Å². The predicted octanol–water partition coefficient (Wildman–Crippen LogP) is 1.75. The van der Waals surface area contributed by atoms with Gasteiger partial charge in [-0.2, -0.15) is 0 Å². The molecule has 0 bridgehead atoms. The highest BCUT2D eigenvalue weighted by Crippen LogP contribution is 2.23. The van der Waals surface area contributed by atoms with E-state index < -0.39 is 5.97 Å². The minimum atomic E-state index is -0.679. The van der Waals surface area contributed by atoms with Gasteiger partial charge >= 0.3 is 5.97 Å². The fraction of sp³-hybridized carbons (Fsp3) is 0.727. The van der Waals surface area contributed by atoms with Gasteiger partial charge in [-0.05, 0) is 32.2 Å². The molecule has 14 heavy (non-hydrogen) atoms. The van der Waals surface area contributed by atoms with Crippen LogP contribution in [0.4, 0.5) is 0 Å². The first-order valence-corrected chi connectivity index (χ1v) is 5.24. The van der Waals surface area contributed by atoms with Gasteiger partial charge in [0.05, 0.1) is 0 Å². The molecule has 1 saturated heterocycles. The first-order valence-electron chi connectivity index (χ1n) is 5.24. The van der Waals surface area contributed by atoms with Crippen molar-refractivity contribution in [3.63, 3.8) is 0 Å². The minimum absolute atomic E-state index is 0.270. The number of nitrogens with zero attached hydrogens (tertiary/aromatic N) is 1. The van der Waals surface area contributed by atoms with Crippen LogP contribution in [-0.4, -0.2) is 35.1 Å². The number of aliphatic carboxylic acids is 1. The molecule has 1 fully saturated rings. The Bertz CT molecular complexity index is 225. The normalized spacial score (nSPS) is 29.6. The Morgan fingerprint density at radius 1 is 1.64 bits per heavy atom. The number of allylic oxidation sites excluding steroid dienone is 1. The summed E-state index contributed by atoms with van der Waals surface area (Å²) in [5.74, 6) is -0.409. The van der Waals surface area contributed by atoms with Crippen LogP contribution in [-0.2, 0) is 4.79 Å². The van der Waals surface area contributed by atoms with E-state index in [1.54, 1.807) is 0 Å². The van der Waals surface area contributed by atoms with Crippen LogP contribution >= 0.6 is 0 Å². The Hall–Kier alpha value is -0.830. The number of hydrogen-bond acceptors (Lipinski definition) is 2. The molecule has 3 heteroatoms. The molecular weight excluding hydrogens is 178 g/mol. The topological polar surface area (TPSA) is 40.5 Å². The van der Waals surface area contributed by atoms with Crippen LogP contribution in [0.25, 0.3) is 0 Å². The molecule has 0 amide bonds. The van der Waals surface area contributed by atoms with E-state index in [1.807, 2.05) is 26.0 Å². The van der Waals surface area contributed by atoms with Gasteiger partial charge in [0.1, 0.15) is 6.04 Å². The third-order valence-electron chi connectivity index (χ3n) is 2.87. The smallest absolute Gasteiger partial charge is 0.321 e. The van der Waals surface area contributed by atoms with E-state index in [0.717, 1.165) is 25.9 Å². The molecule has 1 aliphatic rings. The average molecular weight is 197 g/mol. The second-order valence-corrected chi connectivity index (χ2v) is 3.97. The molecule has 0 spiro atoms. The van der Waals surface area contributed by atoms with Gasteiger partial charge in [0.25, 0.3) is 0 Å². The highest BCUT2D eigenvalue weighted by Gasteiger charge is 2.33. The lowest BCUT2D eigenvalue weighted by Gasteiger charge is -2.36. The number of carboxylic acids is 1. The lowest BCUT2D eigenvalue weighted by Crippen LogP contribution is -2.49. The minimum Gasteiger partial charge on any atom is -0.480 e. The van der Waals surface area contributed by atoms with Crippen LogP contribution in [0.5, 0.6) is 0 Å². The summed E-state index contributed by atoms with van der Waals surface area (Å²) in [6.45, 7) is 5.66. The maximum atomic E-state index is 11.1. The first-order chi connectivity index (χ1) is 6.66. The number of carbonyl (C=O) groups is 1. The first kappa shape index (κ1) is 11.2. The van der Waals surface area contributed by atoms with E-state index in [1.165, 1.54) is 0 Å². The standard InChI is InChI=1S/C11H19NO2/c1-3-4-7-12-8-5-6-9(2)10(12)11(13)14/h3-4,9-10H,5-8H2,1-2H3,(H,13,14)/b4-3+. The Labute approximate surface area is 85.4 Å². The van der Waals surface area contributed by atoms with Crippen LogP contribution in [0.2, 0.25) is 0 Å². The number of carboxylic acid groups (broad SMARTS) is 1. The molecule has 0 aromatic carbocycles. The molecule has 0 aromatic heterocycles. The Morgan fingerprint density at radius 3 is 2.93 bits per heavy atom. The maximum Gasteiger partial charge on any atom is 0.321 e. The van der Waals surface area contributed by atoms with Crippen molar-refractivity contribution in [1.29, 1.82) is 0 Å². The molecule has 0 aromatic rings. The molecule has 0 saturated carbocycles. The molecule has 0 radical (unpaired) electrons. The second-order valence-electron chi connectivity index (χ2n) is 3.97. The van der Waals surface area contributed by atoms with Crippen molar-refractivity contribution in [1.82, 2.24) is 4.90 Å². The number of likely N-dealkylation sites (tertiary alicyclic amines) is 1. The summed E-state index contributed by atoms with van der Waals surface area (Å²) < 4.78 is 0. The van der Waals surface area contributed by atoms with E-state index in [0.29, 0.717) is 0 Å². The average Bonchev–Trinajstić information content (AvgIpc) is 2.14. The zero-order chi connectivity index (χ0) is 10.6. The molecule has 0 aliphatic carbocycles. The highest BCUT2D eigenvalue weighted by atomic mass is 16.4. The number of hydrogen-bond donors (Lipinski definition) is 1. The van der Waals surface area contributed by atoms with E-state index >= 15 is 0 Å². The fourth-order valence-electron chi connectivity index (χ4n) is 2.12. The Balaban J connectivity index is 2.64. The Kier molecular flexibility index (Phi) is 4.14. The van der Waals surface area contributed by atoms with Crippen molar-refractivity contribution in [2.24, 2.45) is 5.92 Å². The van der Waals surface area contributed by atoms with E-state index in [-0.39, 0.29) is 12.0 Å². The van der Waals surface area contributed by atoms with Crippen molar-refractivity contribution in [2.45, 2.75) is 32.7 Å². The van der Waals surface area contributed by atoms with Gasteiger partial charge in [0, 0.05) is 6.54 Å². The third kappa shape index (κ3) is 2.58. The Morgan fingerprint density at radius 2 is 2.36 bits per heavy atom. The van der Waals surface area contributed by atoms with Crippen LogP contribution < -0.4 is 0 Å². The summed E-state index contributed by atoms with van der Waals surface area (Å²) in [6.07, 6.45) is 6.14. The molecule has 3 nitrogen and oxygen atoms in total. The van der Waals surface area contributed by atoms with Crippen molar-refractivity contribution in [3.8, 4) is 0 Å². The van der Waals surface area contributed by atoms with Crippen molar-refractivity contribution in [3.05, 3.63) is 12.2 Å². The molecule has 80 valence electrons. The molecule has 1 heterocycles. The quantitative estimate of drug-likeness (QED) is 0.701. The van der Waals surface area contributed by atoms with Gasteiger partial charge in [-0.15, -0.1) is 0 Å². The SMILES string of the molecule is C/C=C/CN1CCCC(C)C1C(=O)O. The number of piperidine rings is 1. The fourth-order valence-corrected chi connectivity index (χ4v) is 2.12. The van der Waals surface area contributed by atoms with Gasteiger partial charge in [0.2, 0.25) is 0 Å². The van der Waals surface area contributed by atoms with E-state index in [4.69, 9.17) is 5.11 Å². The van der Waals surface area contributed by atoms with Crippen LogP contribution in [0.3, 0.4) is 0 Å². The van der Waals surface area contributed by atoms with Crippen LogP contribution in [0.15, 0.2) is 12.2 Å². The molecular formula is C11H19NO2. The molecule has 2 atom stereocenters. The highest BCUT2D eigenvalue weighted by molar-refractivity contribution is 5.74. The summed E-state index contributed by atoms with van der Waals surface area (Å²) >= 11 is 0. The van der Waals surface area contributed by atoms with Gasteiger partial charge in [-0.25, -0.2) is 0 Å². The van der Waals surface area contributed by atoms with Crippen molar-refractivity contribution in [2.75, 3.05) is 13.1 Å². The van der Waals surface area contributed by atoms with Gasteiger partial charge in [0.15, 0.2) is 0 Å². The predicted molar refractivity (Wildman–Crippen MR) is 56.2 cm³/mol. The summed E-state index contributed by atoms with van der Waals surface area (Å²) in [6, 6.07) is -0.292. The largest absolute Gasteiger partial charge is 0.480 e. The summed E-state index contributed by atoms with van der Waals surface area (Å²) in [4.78, 5) is 13.1. The maximum absolute atomic E-state index is 11.1. The number of rotatable bonds is 3. The summed E-state index contributed by atoms with van der Waals surface area (Å²) in [5.41, 5.74) is 0. The zero-order valence-corrected chi connectivity index (χ0v) is 8.94. The molecule has 1 aliphatic heterocycles. The van der Waals surface area contributed by atoms with E-state index in [9.17, 15) is 4.79 Å². The molecule has 1 rings (SSSR count). The summed E-state index contributed by atoms with van der Waals surface area (Å²) in [7, 11) is 0. The van der Waals surface area contributed by atoms with Crippen molar-refractivity contribution < 1.29 is 9.90 Å². The van der Waals surface area contributed by atoms with Crippen LogP contribution in [0.1, 0.15) is 26.7 Å². The molecule has 1 N–H and O–H groups in total. The van der Waals surface area contributed by atoms with Crippen molar-refractivity contribution >= 4 is 5.97 Å². The summed E-state index contributed by atoms with van der Waals surface area (Å²) in [5, 5.41) is 9.11. The zero-order valence-electron chi connectivity index (χ0n) is 8.94. The van der Waals surface area contributed by atoms with Gasteiger partial charge < -0.3 is 5.11 Å². The monoisotopic (exact) mass is 197 g/mol. The van der Waals surface area contributed by atoms with E-state index in [2.05, 4.69) is 4.90 Å². The van der Waals surface area contributed by atoms with Gasteiger partial charge in [-0.1, -0.05) is 19.1 Å². The third-order valence-corrected chi connectivity index (χ3v) is 2.87. The lowest BCUT2D eigenvalue weighted by molar-refractivity contribution is -0.146. The van der Waals surface area contributed by atoms with Gasteiger partial charge in [-0.3, -0.25) is 9.69 Å².